The number of hydrogen-bond acceptors (Lipinski definition) is 6. The average molecular weight is 532 g/mol. The molecule has 0 unspecified atom stereocenters. The van der Waals surface area contributed by atoms with E-state index in [-0.39, 0.29) is 21.9 Å². The molecule has 0 aromatic heterocycles. The first-order valence-electron chi connectivity index (χ1n) is 7.32. The highest BCUT2D eigenvalue weighted by atomic mass is 79.9. The minimum absolute atomic E-state index is 0.128. The zero-order chi connectivity index (χ0) is 19.6. The van der Waals surface area contributed by atoms with Gasteiger partial charge in [0.1, 0.15) is 16.0 Å². The summed E-state index contributed by atoms with van der Waals surface area (Å²) in [7, 11) is 0. The zero-order valence-corrected chi connectivity index (χ0v) is 18.0. The standard InChI is InChI=1S/C17H10Br2ClN3O3S/c18-11-5-9(14(24)13(19)15(11)25)6-12-16(26)22-17(27-12)23-21-7-8-1-3-10(20)4-2-8/h1-7,24-25H,(H,22,23,26)/b12-6-,21-7-. The molecule has 0 atom stereocenters. The molecular weight excluding hydrogens is 522 g/mol. The van der Waals surface area contributed by atoms with Crippen LogP contribution in [0.3, 0.4) is 0 Å². The summed E-state index contributed by atoms with van der Waals surface area (Å²) in [5.41, 5.74) is 1.17. The third kappa shape index (κ3) is 4.73. The molecular formula is C17H10Br2ClN3O3S. The van der Waals surface area contributed by atoms with Gasteiger partial charge in [-0.2, -0.15) is 5.10 Å². The van der Waals surface area contributed by atoms with Crippen LogP contribution in [-0.4, -0.2) is 27.5 Å². The van der Waals surface area contributed by atoms with Gasteiger partial charge in [0.05, 0.1) is 15.6 Å². The van der Waals surface area contributed by atoms with Crippen LogP contribution < -0.4 is 5.32 Å². The normalized spacial score (nSPS) is 17.2. The molecule has 0 aliphatic carbocycles. The number of rotatable bonds is 3. The lowest BCUT2D eigenvalue weighted by atomic mass is 10.1. The number of nitrogens with one attached hydrogen (secondary N) is 1. The number of hydrogen-bond donors (Lipinski definition) is 3. The summed E-state index contributed by atoms with van der Waals surface area (Å²) in [5.74, 6) is -0.667. The third-order valence-electron chi connectivity index (χ3n) is 3.36. The van der Waals surface area contributed by atoms with Gasteiger partial charge in [-0.3, -0.25) is 10.1 Å². The number of halogens is 3. The quantitative estimate of drug-likeness (QED) is 0.299. The van der Waals surface area contributed by atoms with Crippen LogP contribution in [0, 0.1) is 0 Å². The van der Waals surface area contributed by atoms with Crippen molar-refractivity contribution in [3.63, 3.8) is 0 Å². The lowest BCUT2D eigenvalue weighted by Crippen LogP contribution is -2.19. The number of phenolic OH excluding ortho intramolecular Hbond substituents is 2. The van der Waals surface area contributed by atoms with Crippen LogP contribution in [-0.2, 0) is 4.79 Å². The molecule has 0 spiro atoms. The summed E-state index contributed by atoms with van der Waals surface area (Å²) in [6.45, 7) is 0. The molecule has 1 saturated heterocycles. The van der Waals surface area contributed by atoms with Crippen molar-refractivity contribution in [3.8, 4) is 11.5 Å². The molecule has 0 bridgehead atoms. The van der Waals surface area contributed by atoms with Crippen LogP contribution in [0.2, 0.25) is 5.02 Å². The second-order valence-corrected chi connectivity index (χ2v) is 8.34. The van der Waals surface area contributed by atoms with Gasteiger partial charge in [-0.25, -0.2) is 0 Å². The SMILES string of the molecule is O=C1N/C(=N\N=C/c2ccc(Cl)cc2)S/C1=C\c1cc(Br)c(O)c(Br)c1O. The Kier molecular flexibility index (Phi) is 6.25. The van der Waals surface area contributed by atoms with Crippen LogP contribution in [0.15, 0.2) is 54.4 Å². The van der Waals surface area contributed by atoms with Crippen LogP contribution in [0.1, 0.15) is 11.1 Å². The van der Waals surface area contributed by atoms with E-state index in [0.29, 0.717) is 25.1 Å². The highest BCUT2D eigenvalue weighted by molar-refractivity contribution is 9.11. The summed E-state index contributed by atoms with van der Waals surface area (Å²) < 4.78 is 0.512. The van der Waals surface area contributed by atoms with E-state index in [1.807, 2.05) is 0 Å². The van der Waals surface area contributed by atoms with Gasteiger partial charge in [0, 0.05) is 10.6 Å². The maximum absolute atomic E-state index is 12.1. The fraction of sp³-hybridized carbons (Fsp3) is 0. The Labute approximate surface area is 180 Å². The first-order chi connectivity index (χ1) is 12.8. The molecule has 1 amide bonds. The van der Waals surface area contributed by atoms with Crippen LogP contribution >= 0.6 is 55.2 Å². The number of amides is 1. The summed E-state index contributed by atoms with van der Waals surface area (Å²) >= 11 is 13.2. The molecule has 0 radical (unpaired) electrons. The Morgan fingerprint density at radius 1 is 1.15 bits per heavy atom. The maximum Gasteiger partial charge on any atom is 0.264 e. The topological polar surface area (TPSA) is 94.3 Å². The van der Waals surface area contributed by atoms with E-state index >= 15 is 0 Å². The fourth-order valence-corrected chi connectivity index (χ4v) is 4.09. The molecule has 1 aliphatic rings. The maximum atomic E-state index is 12.1. The second-order valence-electron chi connectivity index (χ2n) is 5.22. The number of carbonyl (C=O) groups excluding carboxylic acids is 1. The molecule has 1 aliphatic heterocycles. The molecule has 2 aromatic rings. The Hall–Kier alpha value is -1.81. The molecule has 6 nitrogen and oxygen atoms in total. The third-order valence-corrected chi connectivity index (χ3v) is 5.87. The smallest absolute Gasteiger partial charge is 0.264 e. The Bertz CT molecular complexity index is 1010. The lowest BCUT2D eigenvalue weighted by molar-refractivity contribution is -0.115. The Balaban J connectivity index is 1.79. The van der Waals surface area contributed by atoms with Gasteiger partial charge in [-0.15, -0.1) is 5.10 Å². The number of benzene rings is 2. The molecule has 27 heavy (non-hydrogen) atoms. The summed E-state index contributed by atoms with van der Waals surface area (Å²) in [5, 5.41) is 31.4. The van der Waals surface area contributed by atoms with Gasteiger partial charge in [-0.1, -0.05) is 23.7 Å². The molecule has 1 heterocycles. The van der Waals surface area contributed by atoms with Gasteiger partial charge < -0.3 is 10.2 Å². The monoisotopic (exact) mass is 529 g/mol. The van der Waals surface area contributed by atoms with Crippen molar-refractivity contribution in [1.82, 2.24) is 5.32 Å². The van der Waals surface area contributed by atoms with Crippen molar-refractivity contribution in [2.45, 2.75) is 0 Å². The minimum atomic E-state index is -0.361. The van der Waals surface area contributed by atoms with Crippen molar-refractivity contribution < 1.29 is 15.0 Å². The second kappa shape index (κ2) is 8.47. The van der Waals surface area contributed by atoms with E-state index in [0.717, 1.165) is 17.3 Å². The van der Waals surface area contributed by atoms with E-state index in [4.69, 9.17) is 11.6 Å². The van der Waals surface area contributed by atoms with E-state index in [1.165, 1.54) is 18.4 Å². The van der Waals surface area contributed by atoms with Crippen LogP contribution in [0.5, 0.6) is 11.5 Å². The molecule has 3 N–H and O–H groups in total. The molecule has 1 fully saturated rings. The Morgan fingerprint density at radius 2 is 1.85 bits per heavy atom. The van der Waals surface area contributed by atoms with Crippen molar-refractivity contribution in [2.75, 3.05) is 0 Å². The molecule has 2 aromatic carbocycles. The number of nitrogens with zero attached hydrogens (tertiary/aromatic N) is 2. The van der Waals surface area contributed by atoms with E-state index in [1.54, 1.807) is 24.3 Å². The highest BCUT2D eigenvalue weighted by Gasteiger charge is 2.25. The molecule has 3 rings (SSSR count). The number of phenols is 2. The van der Waals surface area contributed by atoms with Gasteiger partial charge in [0.25, 0.3) is 5.91 Å². The minimum Gasteiger partial charge on any atom is -0.506 e. The van der Waals surface area contributed by atoms with E-state index in [9.17, 15) is 15.0 Å². The summed E-state index contributed by atoms with van der Waals surface area (Å²) in [4.78, 5) is 12.4. The molecule has 0 saturated carbocycles. The van der Waals surface area contributed by atoms with Gasteiger partial charge in [0.15, 0.2) is 5.17 Å². The average Bonchev–Trinajstić information content (AvgIpc) is 2.99. The van der Waals surface area contributed by atoms with Crippen molar-refractivity contribution in [2.24, 2.45) is 10.2 Å². The number of thioether (sulfide) groups is 1. The van der Waals surface area contributed by atoms with Gasteiger partial charge >= 0.3 is 0 Å². The van der Waals surface area contributed by atoms with E-state index in [2.05, 4.69) is 47.4 Å². The van der Waals surface area contributed by atoms with Crippen molar-refractivity contribution in [3.05, 3.63) is 60.3 Å². The summed E-state index contributed by atoms with van der Waals surface area (Å²) in [6, 6.07) is 8.57. The lowest BCUT2D eigenvalue weighted by Gasteiger charge is -2.06. The van der Waals surface area contributed by atoms with Crippen LogP contribution in [0.25, 0.3) is 6.08 Å². The predicted molar refractivity (Wildman–Crippen MR) is 115 cm³/mol. The number of carbonyl (C=O) groups is 1. The zero-order valence-electron chi connectivity index (χ0n) is 13.3. The Morgan fingerprint density at radius 3 is 2.56 bits per heavy atom. The first kappa shape index (κ1) is 19.9. The van der Waals surface area contributed by atoms with E-state index < -0.39 is 0 Å². The highest BCUT2D eigenvalue weighted by Crippen LogP contribution is 2.42. The number of amidine groups is 1. The fourth-order valence-electron chi connectivity index (χ4n) is 2.04. The number of aromatic hydroxyl groups is 2. The van der Waals surface area contributed by atoms with Gasteiger partial charge in [-0.05, 0) is 73.5 Å². The van der Waals surface area contributed by atoms with Crippen molar-refractivity contribution >= 4 is 78.6 Å². The van der Waals surface area contributed by atoms with Gasteiger partial charge in [0.2, 0.25) is 0 Å². The molecule has 138 valence electrons. The first-order valence-corrected chi connectivity index (χ1v) is 10.1. The largest absolute Gasteiger partial charge is 0.506 e. The summed E-state index contributed by atoms with van der Waals surface area (Å²) in [6.07, 6.45) is 3.04. The van der Waals surface area contributed by atoms with Crippen LogP contribution in [0.4, 0.5) is 0 Å². The van der Waals surface area contributed by atoms with Crippen molar-refractivity contribution in [1.29, 1.82) is 0 Å². The predicted octanol–water partition coefficient (Wildman–Crippen LogP) is 4.87. The molecule has 10 heteroatoms.